The van der Waals surface area contributed by atoms with Gasteiger partial charge in [0, 0.05) is 6.04 Å². The Morgan fingerprint density at radius 3 is 2.38 bits per heavy atom. The quantitative estimate of drug-likeness (QED) is 0.878. The van der Waals surface area contributed by atoms with Gasteiger partial charge >= 0.3 is 0 Å². The lowest BCUT2D eigenvalue weighted by Crippen LogP contribution is -2.44. The molecule has 1 aromatic rings. The Hall–Kier alpha value is -0.910. The summed E-state index contributed by atoms with van der Waals surface area (Å²) in [6.45, 7) is 4.27. The van der Waals surface area contributed by atoms with Gasteiger partial charge in [0.15, 0.2) is 0 Å². The number of hydrogen-bond donors (Lipinski definition) is 2. The predicted molar refractivity (Wildman–Crippen MR) is 83.6 cm³/mol. The highest BCUT2D eigenvalue weighted by atomic mass is 32.2. The molecule has 0 saturated heterocycles. The molecule has 4 nitrogen and oxygen atoms in total. The van der Waals surface area contributed by atoms with Crippen LogP contribution >= 0.6 is 0 Å². The molecule has 0 heterocycles. The monoisotopic (exact) mass is 311 g/mol. The fraction of sp³-hybridized carbons (Fsp3) is 0.625. The molecule has 21 heavy (non-hydrogen) atoms. The minimum absolute atomic E-state index is 0.271. The highest BCUT2D eigenvalue weighted by molar-refractivity contribution is 7.89. The minimum atomic E-state index is -3.55. The summed E-state index contributed by atoms with van der Waals surface area (Å²) >= 11 is 0. The van der Waals surface area contributed by atoms with Crippen LogP contribution in [0.1, 0.15) is 45.1 Å². The van der Waals surface area contributed by atoms with Crippen molar-refractivity contribution >= 4 is 10.0 Å². The van der Waals surface area contributed by atoms with Crippen LogP contribution in [0, 0.1) is 5.92 Å². The zero-order valence-corrected chi connectivity index (χ0v) is 13.6. The molecule has 2 atom stereocenters. The molecule has 0 radical (unpaired) electrons. The number of hydrogen-bond acceptors (Lipinski definition) is 3. The maximum absolute atomic E-state index is 12.4. The lowest BCUT2D eigenvalue weighted by atomic mass is 9.93. The van der Waals surface area contributed by atoms with Crippen molar-refractivity contribution in [3.8, 4) is 0 Å². The van der Waals surface area contributed by atoms with Gasteiger partial charge in [-0.2, -0.15) is 0 Å². The first-order chi connectivity index (χ1) is 9.88. The molecular weight excluding hydrogens is 286 g/mol. The van der Waals surface area contributed by atoms with Crippen molar-refractivity contribution in [3.63, 3.8) is 0 Å². The molecule has 1 fully saturated rings. The maximum atomic E-state index is 12.4. The summed E-state index contributed by atoms with van der Waals surface area (Å²) in [5, 5.41) is 9.90. The highest BCUT2D eigenvalue weighted by Crippen LogP contribution is 2.21. The molecule has 0 spiro atoms. The van der Waals surface area contributed by atoms with Gasteiger partial charge < -0.3 is 5.11 Å². The van der Waals surface area contributed by atoms with E-state index in [0.717, 1.165) is 24.8 Å². The number of benzene rings is 1. The van der Waals surface area contributed by atoms with Crippen LogP contribution < -0.4 is 4.72 Å². The number of sulfonamides is 1. The van der Waals surface area contributed by atoms with E-state index < -0.39 is 16.1 Å². The predicted octanol–water partition coefficient (Wildman–Crippen LogP) is 2.47. The summed E-state index contributed by atoms with van der Waals surface area (Å²) in [6.07, 6.45) is 3.65. The van der Waals surface area contributed by atoms with Crippen LogP contribution in [0.15, 0.2) is 29.2 Å². The Morgan fingerprint density at radius 2 is 1.81 bits per heavy atom. The Labute approximate surface area is 127 Å². The van der Waals surface area contributed by atoms with Gasteiger partial charge in [-0.1, -0.05) is 38.8 Å². The lowest BCUT2D eigenvalue weighted by molar-refractivity contribution is 0.101. The molecule has 2 unspecified atom stereocenters. The molecule has 1 aliphatic carbocycles. The van der Waals surface area contributed by atoms with Crippen molar-refractivity contribution in [3.05, 3.63) is 29.8 Å². The summed E-state index contributed by atoms with van der Waals surface area (Å²) in [5.41, 5.74) is 1.14. The molecule has 1 aliphatic rings. The molecule has 2 rings (SSSR count). The van der Waals surface area contributed by atoms with E-state index in [2.05, 4.69) is 18.6 Å². The third kappa shape index (κ3) is 4.53. The summed E-state index contributed by atoms with van der Waals surface area (Å²) < 4.78 is 27.4. The standard InChI is InChI=1S/C16H25NO3S/c1-12(2)11-13-7-9-14(10-8-13)21(19,20)17-15-5-3-4-6-16(15)18/h7-10,12,15-18H,3-6,11H2,1-2H3. The number of rotatable bonds is 5. The number of nitrogens with one attached hydrogen (secondary N) is 1. The molecular formula is C16H25NO3S. The normalized spacial score (nSPS) is 23.4. The van der Waals surface area contributed by atoms with E-state index in [4.69, 9.17) is 0 Å². The van der Waals surface area contributed by atoms with Crippen molar-refractivity contribution in [2.24, 2.45) is 5.92 Å². The van der Waals surface area contributed by atoms with Crippen LogP contribution in [0.5, 0.6) is 0 Å². The van der Waals surface area contributed by atoms with Gasteiger partial charge in [-0.3, -0.25) is 0 Å². The average molecular weight is 311 g/mol. The van der Waals surface area contributed by atoms with E-state index in [-0.39, 0.29) is 10.9 Å². The molecule has 0 aromatic heterocycles. The topological polar surface area (TPSA) is 66.4 Å². The van der Waals surface area contributed by atoms with E-state index >= 15 is 0 Å². The zero-order valence-electron chi connectivity index (χ0n) is 12.7. The van der Waals surface area contributed by atoms with Gasteiger partial charge in [0.2, 0.25) is 10.0 Å². The van der Waals surface area contributed by atoms with Crippen molar-refractivity contribution in [1.82, 2.24) is 4.72 Å². The summed E-state index contributed by atoms with van der Waals surface area (Å²) in [4.78, 5) is 0.271. The molecule has 2 N–H and O–H groups in total. The summed E-state index contributed by atoms with van der Waals surface area (Å²) in [6, 6.07) is 6.67. The Balaban J connectivity index is 2.08. The minimum Gasteiger partial charge on any atom is -0.391 e. The van der Waals surface area contributed by atoms with E-state index in [1.165, 1.54) is 0 Å². The SMILES string of the molecule is CC(C)Cc1ccc(S(=O)(=O)NC2CCCCC2O)cc1. The largest absolute Gasteiger partial charge is 0.391 e. The second-order valence-electron chi connectivity index (χ2n) is 6.32. The van der Waals surface area contributed by atoms with Gasteiger partial charge in [-0.15, -0.1) is 0 Å². The number of aliphatic hydroxyl groups is 1. The van der Waals surface area contributed by atoms with E-state index in [0.29, 0.717) is 18.8 Å². The van der Waals surface area contributed by atoms with Crippen LogP contribution in [0.4, 0.5) is 0 Å². The second kappa shape index (κ2) is 6.90. The molecule has 1 saturated carbocycles. The Bertz CT molecular complexity index is 551. The molecule has 5 heteroatoms. The van der Waals surface area contributed by atoms with Crippen LogP contribution in [0.3, 0.4) is 0 Å². The van der Waals surface area contributed by atoms with E-state index in [9.17, 15) is 13.5 Å². The first kappa shape index (κ1) is 16.5. The van der Waals surface area contributed by atoms with Crippen molar-refractivity contribution in [1.29, 1.82) is 0 Å². The third-order valence-corrected chi connectivity index (χ3v) is 5.42. The molecule has 0 bridgehead atoms. The van der Waals surface area contributed by atoms with E-state index in [1.807, 2.05) is 12.1 Å². The van der Waals surface area contributed by atoms with Crippen molar-refractivity contribution < 1.29 is 13.5 Å². The Kier molecular flexibility index (Phi) is 5.41. The summed E-state index contributed by atoms with van der Waals surface area (Å²) in [7, 11) is -3.55. The zero-order chi connectivity index (χ0) is 15.5. The van der Waals surface area contributed by atoms with Crippen molar-refractivity contribution in [2.75, 3.05) is 0 Å². The molecule has 1 aromatic carbocycles. The highest BCUT2D eigenvalue weighted by Gasteiger charge is 2.27. The molecule has 118 valence electrons. The first-order valence-corrected chi connectivity index (χ1v) is 9.16. The van der Waals surface area contributed by atoms with Crippen LogP contribution in [0.2, 0.25) is 0 Å². The van der Waals surface area contributed by atoms with E-state index in [1.54, 1.807) is 12.1 Å². The molecule has 0 aliphatic heterocycles. The maximum Gasteiger partial charge on any atom is 0.240 e. The van der Waals surface area contributed by atoms with Gasteiger partial charge in [0.1, 0.15) is 0 Å². The summed E-state index contributed by atoms with van der Waals surface area (Å²) in [5.74, 6) is 0.544. The molecule has 0 amide bonds. The fourth-order valence-electron chi connectivity index (χ4n) is 2.79. The van der Waals surface area contributed by atoms with Crippen LogP contribution in [0.25, 0.3) is 0 Å². The van der Waals surface area contributed by atoms with Gasteiger partial charge in [0.05, 0.1) is 11.0 Å². The average Bonchev–Trinajstić information content (AvgIpc) is 2.41. The van der Waals surface area contributed by atoms with Crippen molar-refractivity contribution in [2.45, 2.75) is 63.0 Å². The van der Waals surface area contributed by atoms with Gasteiger partial charge in [-0.05, 0) is 42.9 Å². The van der Waals surface area contributed by atoms with Gasteiger partial charge in [-0.25, -0.2) is 13.1 Å². The number of aliphatic hydroxyl groups excluding tert-OH is 1. The first-order valence-electron chi connectivity index (χ1n) is 7.68. The van der Waals surface area contributed by atoms with Gasteiger partial charge in [0.25, 0.3) is 0 Å². The Morgan fingerprint density at radius 1 is 1.19 bits per heavy atom. The fourth-order valence-corrected chi connectivity index (χ4v) is 4.10. The van der Waals surface area contributed by atoms with Crippen LogP contribution in [-0.2, 0) is 16.4 Å². The smallest absolute Gasteiger partial charge is 0.240 e. The lowest BCUT2D eigenvalue weighted by Gasteiger charge is -2.28. The third-order valence-electron chi connectivity index (χ3n) is 3.91. The van der Waals surface area contributed by atoms with Crippen LogP contribution in [-0.4, -0.2) is 25.7 Å². The second-order valence-corrected chi connectivity index (χ2v) is 8.04.